The Morgan fingerprint density at radius 1 is 1.42 bits per heavy atom. The van der Waals surface area contributed by atoms with Gasteiger partial charge in [-0.2, -0.15) is 0 Å². The molecule has 1 unspecified atom stereocenters. The molecule has 0 fully saturated rings. The van der Waals surface area contributed by atoms with Crippen LogP contribution in [0.5, 0.6) is 0 Å². The maximum atomic E-state index is 6.32. The van der Waals surface area contributed by atoms with E-state index in [2.05, 4.69) is 51.2 Å². The molecule has 19 heavy (non-hydrogen) atoms. The van der Waals surface area contributed by atoms with Crippen LogP contribution < -0.4 is 0 Å². The fraction of sp³-hybridized carbons (Fsp3) is 0.571. The second-order valence-electron chi connectivity index (χ2n) is 5.12. The van der Waals surface area contributed by atoms with E-state index in [1.807, 2.05) is 19.2 Å². The lowest BCUT2D eigenvalue weighted by Gasteiger charge is -2.31. The predicted molar refractivity (Wildman–Crippen MR) is 83.7 cm³/mol. The molecule has 2 aromatic rings. The van der Waals surface area contributed by atoms with Crippen molar-refractivity contribution in [2.75, 3.05) is 0 Å². The summed E-state index contributed by atoms with van der Waals surface area (Å²) >= 11 is 9.76. The maximum Gasteiger partial charge on any atom is 0.160 e. The Bertz CT molecular complexity index is 588. The number of alkyl halides is 1. The summed E-state index contributed by atoms with van der Waals surface area (Å²) in [6, 6.07) is 1.99. The van der Waals surface area contributed by atoms with Crippen LogP contribution in [0.2, 0.25) is 0 Å². The van der Waals surface area contributed by atoms with Gasteiger partial charge >= 0.3 is 0 Å². The van der Waals surface area contributed by atoms with E-state index in [4.69, 9.17) is 11.6 Å². The molecule has 0 aliphatic heterocycles. The molecule has 0 aromatic carbocycles. The first-order valence-electron chi connectivity index (χ1n) is 6.61. The minimum atomic E-state index is -0.134. The highest BCUT2D eigenvalue weighted by molar-refractivity contribution is 9.10. The van der Waals surface area contributed by atoms with Gasteiger partial charge in [0.15, 0.2) is 5.65 Å². The number of imidazole rings is 1. The SMILES string of the molecule is CCC(C)(CC)n1c(C(C)Cl)nc2cc(Br)cnc21. The van der Waals surface area contributed by atoms with E-state index < -0.39 is 0 Å². The van der Waals surface area contributed by atoms with Crippen molar-refractivity contribution < 1.29 is 0 Å². The van der Waals surface area contributed by atoms with Gasteiger partial charge in [0.25, 0.3) is 0 Å². The average molecular weight is 345 g/mol. The van der Waals surface area contributed by atoms with Crippen LogP contribution in [0.1, 0.15) is 51.7 Å². The Hall–Kier alpha value is -0.610. The zero-order valence-corrected chi connectivity index (χ0v) is 14.1. The largest absolute Gasteiger partial charge is 0.306 e. The van der Waals surface area contributed by atoms with Crippen LogP contribution in [0.15, 0.2) is 16.7 Å². The molecule has 0 spiro atoms. The van der Waals surface area contributed by atoms with E-state index in [1.54, 1.807) is 0 Å². The van der Waals surface area contributed by atoms with E-state index >= 15 is 0 Å². The van der Waals surface area contributed by atoms with E-state index in [-0.39, 0.29) is 10.9 Å². The number of pyridine rings is 1. The molecular formula is C14H19BrClN3. The Morgan fingerprint density at radius 2 is 2.05 bits per heavy atom. The molecule has 2 rings (SSSR count). The van der Waals surface area contributed by atoms with Crippen molar-refractivity contribution >= 4 is 38.7 Å². The first-order valence-corrected chi connectivity index (χ1v) is 7.84. The predicted octanol–water partition coefficient (Wildman–Crippen LogP) is 5.03. The minimum absolute atomic E-state index is 0.00589. The smallest absolute Gasteiger partial charge is 0.160 e. The number of rotatable bonds is 4. The Kier molecular flexibility index (Phi) is 4.21. The summed E-state index contributed by atoms with van der Waals surface area (Å²) in [6.07, 6.45) is 3.85. The molecular weight excluding hydrogens is 326 g/mol. The van der Waals surface area contributed by atoms with Crippen LogP contribution in [0.25, 0.3) is 11.2 Å². The number of fused-ring (bicyclic) bond motifs is 1. The van der Waals surface area contributed by atoms with Crippen molar-refractivity contribution in [3.05, 3.63) is 22.6 Å². The third-order valence-electron chi connectivity index (χ3n) is 3.91. The van der Waals surface area contributed by atoms with Gasteiger partial charge in [0.05, 0.1) is 5.38 Å². The summed E-state index contributed by atoms with van der Waals surface area (Å²) < 4.78 is 3.15. The first-order chi connectivity index (χ1) is 8.92. The quantitative estimate of drug-likeness (QED) is 0.728. The summed E-state index contributed by atoms with van der Waals surface area (Å²) in [5.74, 6) is 0.897. The second-order valence-corrected chi connectivity index (χ2v) is 6.69. The van der Waals surface area contributed by atoms with Crippen molar-refractivity contribution in [2.24, 2.45) is 0 Å². The summed E-state index contributed by atoms with van der Waals surface area (Å²) in [7, 11) is 0. The summed E-state index contributed by atoms with van der Waals surface area (Å²) in [6.45, 7) is 8.58. The van der Waals surface area contributed by atoms with Gasteiger partial charge in [0, 0.05) is 16.2 Å². The van der Waals surface area contributed by atoms with Crippen LogP contribution in [-0.2, 0) is 5.54 Å². The van der Waals surface area contributed by atoms with Gasteiger partial charge < -0.3 is 4.57 Å². The number of hydrogen-bond acceptors (Lipinski definition) is 2. The van der Waals surface area contributed by atoms with Gasteiger partial charge in [-0.1, -0.05) is 13.8 Å². The van der Waals surface area contributed by atoms with Crippen LogP contribution in [0, 0.1) is 0 Å². The zero-order valence-electron chi connectivity index (χ0n) is 11.7. The molecule has 3 nitrogen and oxygen atoms in total. The Balaban J connectivity index is 2.79. The molecule has 2 aromatic heterocycles. The minimum Gasteiger partial charge on any atom is -0.306 e. The molecule has 2 heterocycles. The van der Waals surface area contributed by atoms with Crippen molar-refractivity contribution in [2.45, 2.75) is 51.5 Å². The summed E-state index contributed by atoms with van der Waals surface area (Å²) in [5, 5.41) is -0.134. The van der Waals surface area contributed by atoms with Crippen molar-refractivity contribution in [3.63, 3.8) is 0 Å². The number of aromatic nitrogens is 3. The molecule has 0 aliphatic carbocycles. The molecule has 1 atom stereocenters. The highest BCUT2D eigenvalue weighted by atomic mass is 79.9. The number of nitrogens with zero attached hydrogens (tertiary/aromatic N) is 3. The fourth-order valence-corrected chi connectivity index (χ4v) is 2.79. The summed E-state index contributed by atoms with van der Waals surface area (Å²) in [4.78, 5) is 9.21. The highest BCUT2D eigenvalue weighted by Gasteiger charge is 2.29. The molecule has 0 bridgehead atoms. The van der Waals surface area contributed by atoms with E-state index in [0.29, 0.717) is 0 Å². The topological polar surface area (TPSA) is 30.7 Å². The standard InChI is InChI=1S/C14H19BrClN3/c1-5-14(4,6-2)19-12(9(3)16)18-11-7-10(15)8-17-13(11)19/h7-9H,5-6H2,1-4H3. The van der Waals surface area contributed by atoms with Gasteiger partial charge in [0.1, 0.15) is 11.3 Å². The van der Waals surface area contributed by atoms with Gasteiger partial charge in [-0.3, -0.25) is 0 Å². The molecule has 0 saturated carbocycles. The molecule has 0 N–H and O–H groups in total. The fourth-order valence-electron chi connectivity index (χ4n) is 2.32. The van der Waals surface area contributed by atoms with E-state index in [1.165, 1.54) is 0 Å². The molecule has 5 heteroatoms. The van der Waals surface area contributed by atoms with Crippen LogP contribution in [0.4, 0.5) is 0 Å². The first kappa shape index (κ1) is 14.8. The molecule has 0 aliphatic rings. The number of hydrogen-bond donors (Lipinski definition) is 0. The number of halogens is 2. The van der Waals surface area contributed by atoms with Gasteiger partial charge in [0.2, 0.25) is 0 Å². The molecule has 104 valence electrons. The molecule has 0 amide bonds. The van der Waals surface area contributed by atoms with Crippen LogP contribution in [-0.4, -0.2) is 14.5 Å². The Labute approximate surface area is 127 Å². The molecule has 0 radical (unpaired) electrons. The zero-order chi connectivity index (χ0) is 14.2. The monoisotopic (exact) mass is 343 g/mol. The average Bonchev–Trinajstić information content (AvgIpc) is 2.77. The van der Waals surface area contributed by atoms with E-state index in [9.17, 15) is 0 Å². The lowest BCUT2D eigenvalue weighted by atomic mass is 9.94. The normalized spacial score (nSPS) is 14.0. The van der Waals surface area contributed by atoms with Gasteiger partial charge in [-0.15, -0.1) is 11.6 Å². The Morgan fingerprint density at radius 3 is 2.58 bits per heavy atom. The van der Waals surface area contributed by atoms with Crippen molar-refractivity contribution in [3.8, 4) is 0 Å². The van der Waals surface area contributed by atoms with E-state index in [0.717, 1.165) is 34.3 Å². The van der Waals surface area contributed by atoms with Crippen LogP contribution >= 0.6 is 27.5 Å². The second kappa shape index (κ2) is 5.41. The lowest BCUT2D eigenvalue weighted by molar-refractivity contribution is 0.292. The van der Waals surface area contributed by atoms with Gasteiger partial charge in [-0.25, -0.2) is 9.97 Å². The van der Waals surface area contributed by atoms with Crippen molar-refractivity contribution in [1.82, 2.24) is 14.5 Å². The third kappa shape index (κ3) is 2.52. The van der Waals surface area contributed by atoms with Crippen LogP contribution in [0.3, 0.4) is 0 Å². The molecule has 0 saturated heterocycles. The lowest BCUT2D eigenvalue weighted by Crippen LogP contribution is -2.30. The third-order valence-corrected chi connectivity index (χ3v) is 4.54. The van der Waals surface area contributed by atoms with Gasteiger partial charge in [-0.05, 0) is 48.7 Å². The highest BCUT2D eigenvalue weighted by Crippen LogP contribution is 2.34. The maximum absolute atomic E-state index is 6.32. The summed E-state index contributed by atoms with van der Waals surface area (Å²) in [5.41, 5.74) is 1.80. The van der Waals surface area contributed by atoms with Crippen molar-refractivity contribution in [1.29, 1.82) is 0 Å².